The summed E-state index contributed by atoms with van der Waals surface area (Å²) < 4.78 is 0. The molecule has 0 N–H and O–H groups in total. The quantitative estimate of drug-likeness (QED) is 0.408. The zero-order valence-corrected chi connectivity index (χ0v) is 14.8. The zero-order chi connectivity index (χ0) is 15.7. The van der Waals surface area contributed by atoms with Crippen molar-refractivity contribution in [3.05, 3.63) is 69.9 Å². The Morgan fingerprint density at radius 3 is 2.05 bits per heavy atom. The summed E-state index contributed by atoms with van der Waals surface area (Å²) in [5.41, 5.74) is 3.90. The Morgan fingerprint density at radius 2 is 1.41 bits per heavy atom. The molecule has 0 saturated carbocycles. The van der Waals surface area contributed by atoms with E-state index in [9.17, 15) is 0 Å². The van der Waals surface area contributed by atoms with Gasteiger partial charge in [0.15, 0.2) is 0 Å². The van der Waals surface area contributed by atoms with Crippen LogP contribution in [0.15, 0.2) is 54.7 Å². The van der Waals surface area contributed by atoms with Crippen LogP contribution in [0.4, 0.5) is 0 Å². The predicted molar refractivity (Wildman–Crippen MR) is 99.5 cm³/mol. The van der Waals surface area contributed by atoms with Crippen molar-refractivity contribution in [2.24, 2.45) is 0 Å². The van der Waals surface area contributed by atoms with Gasteiger partial charge in [0.1, 0.15) is 5.15 Å². The van der Waals surface area contributed by atoms with Crippen LogP contribution in [-0.4, -0.2) is 4.98 Å². The van der Waals surface area contributed by atoms with Gasteiger partial charge in [0.25, 0.3) is 0 Å². The predicted octanol–water partition coefficient (Wildman–Crippen LogP) is 5.88. The maximum Gasteiger partial charge on any atom is 0.136 e. The average molecular weight is 367 g/mol. The van der Waals surface area contributed by atoms with E-state index in [0.29, 0.717) is 15.2 Å². The molecule has 0 bridgehead atoms. The molecule has 1 nitrogen and oxygen atoms in total. The number of aromatic nitrogens is 1. The number of pyridine rings is 1. The van der Waals surface area contributed by atoms with E-state index < -0.39 is 0 Å². The fourth-order valence-corrected chi connectivity index (χ4v) is 3.25. The van der Waals surface area contributed by atoms with Crippen molar-refractivity contribution < 1.29 is 0 Å². The molecule has 1 heterocycles. The first-order valence-electron chi connectivity index (χ1n) is 6.52. The highest BCUT2D eigenvalue weighted by Gasteiger charge is 2.14. The van der Waals surface area contributed by atoms with E-state index in [0.717, 1.165) is 27.6 Å². The van der Waals surface area contributed by atoms with E-state index in [1.807, 2.05) is 48.5 Å². The number of hydrogen-bond acceptors (Lipinski definition) is 1. The molecular formula is C17H11Cl3NP. The Labute approximate surface area is 146 Å². The number of nitrogens with zero attached hydrogens (tertiary/aromatic N) is 1. The fraction of sp³-hybridized carbons (Fsp3) is 0. The second-order valence-corrected chi connectivity index (χ2v) is 6.58. The first-order valence-corrected chi connectivity index (χ1v) is 8.23. The molecule has 1 aromatic heterocycles. The summed E-state index contributed by atoms with van der Waals surface area (Å²) in [4.78, 5) is 4.26. The van der Waals surface area contributed by atoms with Gasteiger partial charge in [-0.1, -0.05) is 59.1 Å². The normalized spacial score (nSPS) is 10.7. The second-order valence-electron chi connectivity index (χ2n) is 4.77. The Balaban J connectivity index is 2.30. The molecule has 0 aliphatic rings. The van der Waals surface area contributed by atoms with Crippen LogP contribution < -0.4 is 5.30 Å². The standard InChI is InChI=1S/C17H11Cl3NP/c18-12-5-1-3-10(7-12)14-9-21-17(20)16(22)15(14)11-4-2-6-13(19)8-11/h1-9H,22H2. The maximum atomic E-state index is 6.20. The molecule has 5 heteroatoms. The van der Waals surface area contributed by atoms with Crippen molar-refractivity contribution in [2.75, 3.05) is 0 Å². The van der Waals surface area contributed by atoms with E-state index in [1.165, 1.54) is 0 Å². The Bertz CT molecular complexity index is 849. The number of benzene rings is 2. The van der Waals surface area contributed by atoms with Crippen LogP contribution in [0.2, 0.25) is 15.2 Å². The van der Waals surface area contributed by atoms with E-state index in [2.05, 4.69) is 14.2 Å². The van der Waals surface area contributed by atoms with Crippen molar-refractivity contribution in [1.82, 2.24) is 4.98 Å². The van der Waals surface area contributed by atoms with Crippen LogP contribution in [0.1, 0.15) is 0 Å². The Kier molecular flexibility index (Phi) is 4.70. The van der Waals surface area contributed by atoms with Gasteiger partial charge in [-0.3, -0.25) is 0 Å². The third kappa shape index (κ3) is 3.14. The van der Waals surface area contributed by atoms with Gasteiger partial charge in [0.05, 0.1) is 0 Å². The molecule has 0 radical (unpaired) electrons. The molecule has 0 saturated heterocycles. The second kappa shape index (κ2) is 6.56. The van der Waals surface area contributed by atoms with Crippen molar-refractivity contribution in [1.29, 1.82) is 0 Å². The highest BCUT2D eigenvalue weighted by atomic mass is 35.5. The lowest BCUT2D eigenvalue weighted by Gasteiger charge is -2.14. The van der Waals surface area contributed by atoms with Gasteiger partial charge in [-0.15, -0.1) is 9.24 Å². The third-order valence-electron chi connectivity index (χ3n) is 3.32. The van der Waals surface area contributed by atoms with Crippen LogP contribution in [0.25, 0.3) is 22.3 Å². The van der Waals surface area contributed by atoms with Gasteiger partial charge < -0.3 is 0 Å². The van der Waals surface area contributed by atoms with Crippen LogP contribution >= 0.6 is 44.0 Å². The molecule has 1 unspecified atom stereocenters. The van der Waals surface area contributed by atoms with Gasteiger partial charge in [0, 0.05) is 32.7 Å². The summed E-state index contributed by atoms with van der Waals surface area (Å²) in [7, 11) is 2.66. The van der Waals surface area contributed by atoms with Crippen LogP contribution in [-0.2, 0) is 0 Å². The van der Waals surface area contributed by atoms with Crippen LogP contribution in [0, 0.1) is 0 Å². The topological polar surface area (TPSA) is 12.9 Å². The molecule has 3 aromatic rings. The molecule has 0 fully saturated rings. The summed E-state index contributed by atoms with van der Waals surface area (Å²) in [5.74, 6) is 0. The minimum absolute atomic E-state index is 0.450. The average Bonchev–Trinajstić information content (AvgIpc) is 2.50. The van der Waals surface area contributed by atoms with Crippen molar-refractivity contribution in [3.8, 4) is 22.3 Å². The molecule has 110 valence electrons. The van der Waals surface area contributed by atoms with Gasteiger partial charge >= 0.3 is 0 Å². The maximum absolute atomic E-state index is 6.20. The summed E-state index contributed by atoms with van der Waals surface area (Å²) in [6.45, 7) is 0. The third-order valence-corrected chi connectivity index (χ3v) is 4.83. The van der Waals surface area contributed by atoms with Crippen LogP contribution in [0.5, 0.6) is 0 Å². The fourth-order valence-electron chi connectivity index (χ4n) is 2.33. The zero-order valence-electron chi connectivity index (χ0n) is 11.4. The Morgan fingerprint density at radius 1 is 0.818 bits per heavy atom. The SMILES string of the molecule is Pc1c(Cl)ncc(-c2cccc(Cl)c2)c1-c1cccc(Cl)c1. The first-order chi connectivity index (χ1) is 10.6. The number of halogens is 3. The lowest BCUT2D eigenvalue weighted by molar-refractivity contribution is 1.35. The molecule has 0 spiro atoms. The van der Waals surface area contributed by atoms with E-state index >= 15 is 0 Å². The largest absolute Gasteiger partial charge is 0.243 e. The summed E-state index contributed by atoms with van der Waals surface area (Å²) in [6.07, 6.45) is 1.76. The van der Waals surface area contributed by atoms with Gasteiger partial charge in [0.2, 0.25) is 0 Å². The lowest BCUT2D eigenvalue weighted by atomic mass is 9.96. The smallest absolute Gasteiger partial charge is 0.136 e. The molecule has 3 rings (SSSR count). The highest BCUT2D eigenvalue weighted by molar-refractivity contribution is 7.28. The van der Waals surface area contributed by atoms with Gasteiger partial charge in [-0.05, 0) is 35.4 Å². The monoisotopic (exact) mass is 365 g/mol. The molecule has 0 amide bonds. The van der Waals surface area contributed by atoms with Gasteiger partial charge in [-0.2, -0.15) is 0 Å². The molecule has 1 atom stereocenters. The lowest BCUT2D eigenvalue weighted by Crippen LogP contribution is -2.04. The molecule has 2 aromatic carbocycles. The highest BCUT2D eigenvalue weighted by Crippen LogP contribution is 2.34. The summed E-state index contributed by atoms with van der Waals surface area (Å²) in [5, 5.41) is 2.63. The molecule has 0 aliphatic carbocycles. The van der Waals surface area contributed by atoms with E-state index in [-0.39, 0.29) is 0 Å². The van der Waals surface area contributed by atoms with Crippen molar-refractivity contribution >= 4 is 49.3 Å². The van der Waals surface area contributed by atoms with E-state index in [1.54, 1.807) is 6.20 Å². The summed E-state index contributed by atoms with van der Waals surface area (Å²) in [6, 6.07) is 15.3. The number of rotatable bonds is 2. The molecular weight excluding hydrogens is 356 g/mol. The van der Waals surface area contributed by atoms with Gasteiger partial charge in [-0.25, -0.2) is 4.98 Å². The minimum Gasteiger partial charge on any atom is -0.243 e. The van der Waals surface area contributed by atoms with Crippen LogP contribution in [0.3, 0.4) is 0 Å². The molecule has 0 aliphatic heterocycles. The summed E-state index contributed by atoms with van der Waals surface area (Å²) >= 11 is 18.5. The van der Waals surface area contributed by atoms with E-state index in [4.69, 9.17) is 34.8 Å². The number of hydrogen-bond donors (Lipinski definition) is 0. The molecule has 22 heavy (non-hydrogen) atoms. The van der Waals surface area contributed by atoms with Crippen molar-refractivity contribution in [3.63, 3.8) is 0 Å². The minimum atomic E-state index is 0.450. The van der Waals surface area contributed by atoms with Crippen molar-refractivity contribution in [2.45, 2.75) is 0 Å². The Hall–Kier alpha value is -1.11. The first kappa shape index (κ1) is 15.8.